The van der Waals surface area contributed by atoms with Crippen molar-refractivity contribution in [1.82, 2.24) is 4.90 Å². The highest BCUT2D eigenvalue weighted by molar-refractivity contribution is 4.93. The van der Waals surface area contributed by atoms with Gasteiger partial charge >= 0.3 is 0 Å². The number of hydrogen-bond acceptors (Lipinski definition) is 1. The number of unbranched alkanes of at least 4 members (excludes halogenated alkanes) is 8. The fourth-order valence-electron chi connectivity index (χ4n) is 4.89. The quantitative estimate of drug-likeness (QED) is 0.323. The molecule has 2 aliphatic carbocycles. The lowest BCUT2D eigenvalue weighted by molar-refractivity contribution is 0.133. The lowest BCUT2D eigenvalue weighted by atomic mass is 9.89. The molecular weight excluding hydrogens is 302 g/mol. The van der Waals surface area contributed by atoms with Gasteiger partial charge in [-0.2, -0.15) is 0 Å². The van der Waals surface area contributed by atoms with Crippen LogP contribution in [0.3, 0.4) is 0 Å². The van der Waals surface area contributed by atoms with Crippen molar-refractivity contribution in [3.63, 3.8) is 0 Å². The van der Waals surface area contributed by atoms with E-state index in [9.17, 15) is 0 Å². The molecule has 0 aromatic rings. The predicted octanol–water partition coefficient (Wildman–Crippen LogP) is 8.00. The molecule has 1 heteroatoms. The Labute approximate surface area is 158 Å². The van der Waals surface area contributed by atoms with Crippen molar-refractivity contribution in [1.29, 1.82) is 0 Å². The zero-order valence-corrected chi connectivity index (χ0v) is 17.2. The summed E-state index contributed by atoms with van der Waals surface area (Å²) in [6.07, 6.45) is 32.3. The summed E-state index contributed by atoms with van der Waals surface area (Å²) in [6, 6.07) is 1.71. The summed E-state index contributed by atoms with van der Waals surface area (Å²) < 4.78 is 0. The normalized spacial score (nSPS) is 20.4. The third-order valence-electron chi connectivity index (χ3n) is 6.49. The summed E-state index contributed by atoms with van der Waals surface area (Å²) >= 11 is 0. The van der Waals surface area contributed by atoms with E-state index in [-0.39, 0.29) is 0 Å². The summed E-state index contributed by atoms with van der Waals surface area (Å²) in [7, 11) is 0. The van der Waals surface area contributed by atoms with Crippen LogP contribution in [0.4, 0.5) is 0 Å². The van der Waals surface area contributed by atoms with Gasteiger partial charge in [0.25, 0.3) is 0 Å². The number of hydrogen-bond donors (Lipinski definition) is 0. The van der Waals surface area contributed by atoms with Gasteiger partial charge in [0.2, 0.25) is 0 Å². The first kappa shape index (κ1) is 20.8. The van der Waals surface area contributed by atoms with E-state index in [0.717, 1.165) is 12.1 Å². The monoisotopic (exact) mass is 347 g/mol. The zero-order chi connectivity index (χ0) is 17.6. The highest BCUT2D eigenvalue weighted by atomic mass is 15.2. The average molecular weight is 348 g/mol. The van der Waals surface area contributed by atoms with E-state index in [0.29, 0.717) is 0 Å². The van der Waals surface area contributed by atoms with Crippen LogP contribution in [-0.4, -0.2) is 17.0 Å². The molecule has 0 atom stereocenters. The first-order chi connectivity index (χ1) is 12.4. The summed E-state index contributed by atoms with van der Waals surface area (Å²) in [5, 5.41) is 0. The molecule has 0 unspecified atom stereocenters. The Morgan fingerprint density at radius 2 is 1.12 bits per heavy atom. The van der Waals surface area contributed by atoms with Crippen LogP contribution >= 0.6 is 0 Å². The van der Waals surface area contributed by atoms with Crippen molar-refractivity contribution in [2.24, 2.45) is 0 Å². The molecule has 0 bridgehead atoms. The van der Waals surface area contributed by atoms with Crippen molar-refractivity contribution >= 4 is 0 Å². The topological polar surface area (TPSA) is 3.24 Å². The maximum atomic E-state index is 2.82. The van der Waals surface area contributed by atoms with Crippen LogP contribution in [0.15, 0.2) is 12.3 Å². The van der Waals surface area contributed by atoms with Crippen molar-refractivity contribution in [2.75, 3.05) is 0 Å². The van der Waals surface area contributed by atoms with Crippen LogP contribution in [0.5, 0.6) is 0 Å². The standard InChI is InChI=1S/C24H45N/c1-2-3-4-5-6-7-8-9-10-17-22-25(23-18-13-11-14-19-23)24-20-15-12-16-21-24/h17,22-24H,2-16,18-21H2,1H3. The van der Waals surface area contributed by atoms with Crippen molar-refractivity contribution in [3.8, 4) is 0 Å². The summed E-state index contributed by atoms with van der Waals surface area (Å²) in [6.45, 7) is 2.30. The fraction of sp³-hybridized carbons (Fsp3) is 0.917. The summed E-state index contributed by atoms with van der Waals surface area (Å²) in [5.41, 5.74) is 0. The van der Waals surface area contributed by atoms with Gasteiger partial charge in [0.05, 0.1) is 0 Å². The van der Waals surface area contributed by atoms with Gasteiger partial charge in [-0.3, -0.25) is 0 Å². The Morgan fingerprint density at radius 1 is 0.640 bits per heavy atom. The highest BCUT2D eigenvalue weighted by Gasteiger charge is 2.26. The van der Waals surface area contributed by atoms with E-state index in [2.05, 4.69) is 24.1 Å². The first-order valence-electron chi connectivity index (χ1n) is 11.9. The minimum atomic E-state index is 0.853. The molecule has 2 saturated carbocycles. The van der Waals surface area contributed by atoms with Crippen molar-refractivity contribution in [3.05, 3.63) is 12.3 Å². The van der Waals surface area contributed by atoms with Crippen LogP contribution in [0.2, 0.25) is 0 Å². The molecule has 0 aliphatic heterocycles. The molecular formula is C24H45N. The minimum Gasteiger partial charge on any atom is -0.372 e. The number of allylic oxidation sites excluding steroid dienone is 1. The summed E-state index contributed by atoms with van der Waals surface area (Å²) in [5.74, 6) is 0. The van der Waals surface area contributed by atoms with E-state index >= 15 is 0 Å². The third-order valence-corrected chi connectivity index (χ3v) is 6.49. The van der Waals surface area contributed by atoms with E-state index in [1.807, 2.05) is 0 Å². The van der Waals surface area contributed by atoms with Crippen molar-refractivity contribution < 1.29 is 0 Å². The molecule has 0 aromatic carbocycles. The second kappa shape index (κ2) is 13.7. The molecule has 0 saturated heterocycles. The average Bonchev–Trinajstić information content (AvgIpc) is 2.67. The number of nitrogens with zero attached hydrogens (tertiary/aromatic N) is 1. The highest BCUT2D eigenvalue weighted by Crippen LogP contribution is 2.30. The van der Waals surface area contributed by atoms with E-state index < -0.39 is 0 Å². The third kappa shape index (κ3) is 8.65. The van der Waals surface area contributed by atoms with E-state index in [4.69, 9.17) is 0 Å². The predicted molar refractivity (Wildman–Crippen MR) is 112 cm³/mol. The van der Waals surface area contributed by atoms with Gasteiger partial charge in [0.1, 0.15) is 0 Å². The maximum absolute atomic E-state index is 2.82. The molecule has 0 radical (unpaired) electrons. The zero-order valence-electron chi connectivity index (χ0n) is 17.2. The maximum Gasteiger partial charge on any atom is 0.0287 e. The van der Waals surface area contributed by atoms with Gasteiger partial charge in [-0.15, -0.1) is 0 Å². The smallest absolute Gasteiger partial charge is 0.0287 e. The van der Waals surface area contributed by atoms with Gasteiger partial charge in [0.15, 0.2) is 0 Å². The lowest BCUT2D eigenvalue weighted by Gasteiger charge is -2.41. The van der Waals surface area contributed by atoms with E-state index in [1.165, 1.54) is 122 Å². The van der Waals surface area contributed by atoms with Gasteiger partial charge in [-0.1, -0.05) is 96.5 Å². The molecule has 0 aromatic heterocycles. The first-order valence-corrected chi connectivity index (χ1v) is 11.9. The Bertz CT molecular complexity index is 305. The van der Waals surface area contributed by atoms with Crippen LogP contribution in [0, 0.1) is 0 Å². The Hall–Kier alpha value is -0.460. The number of rotatable bonds is 12. The largest absolute Gasteiger partial charge is 0.372 e. The van der Waals surface area contributed by atoms with Crippen LogP contribution < -0.4 is 0 Å². The van der Waals surface area contributed by atoms with Gasteiger partial charge in [-0.05, 0) is 44.7 Å². The fourth-order valence-corrected chi connectivity index (χ4v) is 4.89. The molecule has 2 rings (SSSR count). The van der Waals surface area contributed by atoms with Crippen molar-refractivity contribution in [2.45, 2.75) is 141 Å². The van der Waals surface area contributed by atoms with Crippen LogP contribution in [0.25, 0.3) is 0 Å². The molecule has 146 valence electrons. The second-order valence-electron chi connectivity index (χ2n) is 8.68. The second-order valence-corrected chi connectivity index (χ2v) is 8.68. The molecule has 2 aliphatic rings. The molecule has 2 fully saturated rings. The van der Waals surface area contributed by atoms with Crippen LogP contribution in [0.1, 0.15) is 129 Å². The van der Waals surface area contributed by atoms with E-state index in [1.54, 1.807) is 0 Å². The molecule has 0 N–H and O–H groups in total. The summed E-state index contributed by atoms with van der Waals surface area (Å²) in [4.78, 5) is 2.82. The Morgan fingerprint density at radius 3 is 1.64 bits per heavy atom. The Kier molecular flexibility index (Phi) is 11.4. The molecule has 0 heterocycles. The Balaban J connectivity index is 1.64. The van der Waals surface area contributed by atoms with Gasteiger partial charge in [0, 0.05) is 12.1 Å². The molecule has 0 spiro atoms. The molecule has 1 nitrogen and oxygen atoms in total. The molecule has 0 amide bonds. The minimum absolute atomic E-state index is 0.853. The van der Waals surface area contributed by atoms with Crippen LogP contribution in [-0.2, 0) is 0 Å². The van der Waals surface area contributed by atoms with Gasteiger partial charge < -0.3 is 4.90 Å². The van der Waals surface area contributed by atoms with Gasteiger partial charge in [-0.25, -0.2) is 0 Å². The SMILES string of the molecule is CCCCCCCCCCC=CN(C1CCCCC1)C1CCCCC1. The lowest BCUT2D eigenvalue weighted by Crippen LogP contribution is -2.41. The molecule has 25 heavy (non-hydrogen) atoms.